The van der Waals surface area contributed by atoms with E-state index in [1.807, 2.05) is 0 Å². The van der Waals surface area contributed by atoms with E-state index in [9.17, 15) is 18.3 Å². The van der Waals surface area contributed by atoms with Gasteiger partial charge in [0.05, 0.1) is 11.0 Å². The van der Waals surface area contributed by atoms with E-state index in [0.717, 1.165) is 0 Å². The zero-order chi connectivity index (χ0) is 18.9. The van der Waals surface area contributed by atoms with E-state index in [1.54, 1.807) is 13.8 Å². The van der Waals surface area contributed by atoms with E-state index >= 15 is 0 Å². The van der Waals surface area contributed by atoms with Gasteiger partial charge in [-0.2, -0.15) is 4.31 Å². The summed E-state index contributed by atoms with van der Waals surface area (Å²) in [5, 5.41) is 16.2. The summed E-state index contributed by atoms with van der Waals surface area (Å²) in [6, 6.07) is 5.72. The number of benzene rings is 1. The van der Waals surface area contributed by atoms with Crippen LogP contribution < -0.4 is 5.32 Å². The number of amides is 1. The van der Waals surface area contributed by atoms with Crippen molar-refractivity contribution in [1.82, 2.24) is 9.46 Å². The molecule has 0 radical (unpaired) electrons. The molecule has 8 nitrogen and oxygen atoms in total. The van der Waals surface area contributed by atoms with Crippen LogP contribution in [-0.4, -0.2) is 48.1 Å². The Bertz CT molecular complexity index is 885. The number of β-amino-alcohol motifs (C(OH)–C–C–N with tert-alkyl or cyclic N) is 1. The number of anilines is 1. The monoisotopic (exact) mass is 379 g/mol. The summed E-state index contributed by atoms with van der Waals surface area (Å²) in [5.41, 5.74) is 1.40. The molecule has 0 aliphatic carbocycles. The fourth-order valence-corrected chi connectivity index (χ4v) is 4.43. The van der Waals surface area contributed by atoms with Crippen LogP contribution in [0.15, 0.2) is 33.7 Å². The standard InChI is InChI=1S/C17H21N3O5S/c1-11-16(12(2)25-19-11)18-17(22)13-5-7-15(8-6-13)26(23,24)20-9-3-4-14(21)10-20/h5-8,14,21H,3-4,9-10H2,1-2H3,(H,18,22)/t14-/m0/s1. The van der Waals surface area contributed by atoms with Gasteiger partial charge in [0.25, 0.3) is 5.91 Å². The van der Waals surface area contributed by atoms with Crippen molar-refractivity contribution in [1.29, 1.82) is 0 Å². The SMILES string of the molecule is Cc1noc(C)c1NC(=O)c1ccc(S(=O)(=O)N2CCC[C@H](O)C2)cc1. The molecule has 1 saturated heterocycles. The zero-order valence-corrected chi connectivity index (χ0v) is 15.4. The molecule has 9 heteroatoms. The van der Waals surface area contributed by atoms with E-state index in [1.165, 1.54) is 28.6 Å². The van der Waals surface area contributed by atoms with Crippen LogP contribution in [-0.2, 0) is 10.0 Å². The summed E-state index contributed by atoms with van der Waals surface area (Å²) in [6.07, 6.45) is 0.587. The Morgan fingerprint density at radius 1 is 1.31 bits per heavy atom. The third-order valence-corrected chi connectivity index (χ3v) is 6.26. The predicted octanol–water partition coefficient (Wildman–Crippen LogP) is 1.69. The molecule has 1 atom stereocenters. The number of hydrogen-bond donors (Lipinski definition) is 2. The van der Waals surface area contributed by atoms with Crippen LogP contribution in [0.4, 0.5) is 5.69 Å². The molecule has 1 fully saturated rings. The van der Waals surface area contributed by atoms with E-state index in [-0.39, 0.29) is 17.3 Å². The molecule has 1 aromatic heterocycles. The molecule has 140 valence electrons. The zero-order valence-electron chi connectivity index (χ0n) is 14.6. The topological polar surface area (TPSA) is 113 Å². The molecule has 0 spiro atoms. The third kappa shape index (κ3) is 3.64. The minimum absolute atomic E-state index is 0.0939. The smallest absolute Gasteiger partial charge is 0.255 e. The lowest BCUT2D eigenvalue weighted by atomic mass is 10.1. The molecule has 2 heterocycles. The Labute approximate surface area is 151 Å². The second-order valence-corrected chi connectivity index (χ2v) is 8.27. The first-order valence-electron chi connectivity index (χ1n) is 8.31. The lowest BCUT2D eigenvalue weighted by Gasteiger charge is -2.29. The number of aliphatic hydroxyl groups excluding tert-OH is 1. The van der Waals surface area contributed by atoms with Crippen molar-refractivity contribution in [2.24, 2.45) is 0 Å². The number of hydrogen-bond acceptors (Lipinski definition) is 6. The van der Waals surface area contributed by atoms with Crippen LogP contribution in [0, 0.1) is 13.8 Å². The lowest BCUT2D eigenvalue weighted by molar-refractivity contribution is 0.102. The van der Waals surface area contributed by atoms with Crippen LogP contribution in [0.1, 0.15) is 34.7 Å². The van der Waals surface area contributed by atoms with Crippen LogP contribution in [0.2, 0.25) is 0 Å². The fraction of sp³-hybridized carbons (Fsp3) is 0.412. The number of aliphatic hydroxyl groups is 1. The molecule has 3 rings (SSSR count). The lowest BCUT2D eigenvalue weighted by Crippen LogP contribution is -2.42. The maximum absolute atomic E-state index is 12.7. The van der Waals surface area contributed by atoms with Crippen LogP contribution in [0.5, 0.6) is 0 Å². The number of nitrogens with one attached hydrogen (secondary N) is 1. The summed E-state index contributed by atoms with van der Waals surface area (Å²) in [7, 11) is -3.68. The number of nitrogens with zero attached hydrogens (tertiary/aromatic N) is 2. The van der Waals surface area contributed by atoms with Crippen molar-refractivity contribution >= 4 is 21.6 Å². The number of piperidine rings is 1. The molecule has 1 aliphatic heterocycles. The van der Waals surface area contributed by atoms with Gasteiger partial charge in [0, 0.05) is 18.7 Å². The van der Waals surface area contributed by atoms with Gasteiger partial charge in [-0.1, -0.05) is 5.16 Å². The Morgan fingerprint density at radius 3 is 2.58 bits per heavy atom. The third-order valence-electron chi connectivity index (χ3n) is 4.39. The molecule has 1 aromatic carbocycles. The summed E-state index contributed by atoms with van der Waals surface area (Å²) < 4.78 is 31.6. The van der Waals surface area contributed by atoms with Gasteiger partial charge in [-0.25, -0.2) is 8.42 Å². The van der Waals surface area contributed by atoms with E-state index < -0.39 is 16.1 Å². The van der Waals surface area contributed by atoms with Gasteiger partial charge < -0.3 is 14.9 Å². The highest BCUT2D eigenvalue weighted by Gasteiger charge is 2.29. The van der Waals surface area contributed by atoms with Gasteiger partial charge in [0.15, 0.2) is 5.76 Å². The first-order valence-corrected chi connectivity index (χ1v) is 9.75. The fourth-order valence-electron chi connectivity index (χ4n) is 2.91. The van der Waals surface area contributed by atoms with Crippen molar-refractivity contribution < 1.29 is 22.8 Å². The summed E-state index contributed by atoms with van der Waals surface area (Å²) in [6.45, 7) is 3.89. The maximum Gasteiger partial charge on any atom is 0.255 e. The largest absolute Gasteiger partial charge is 0.392 e. The molecular formula is C17H21N3O5S. The highest BCUT2D eigenvalue weighted by atomic mass is 32.2. The molecule has 1 aliphatic rings. The first-order chi connectivity index (χ1) is 12.3. The molecule has 0 bridgehead atoms. The summed E-state index contributed by atoms with van der Waals surface area (Å²) >= 11 is 0. The average Bonchev–Trinajstić information content (AvgIpc) is 2.94. The number of carbonyl (C=O) groups excluding carboxylic acids is 1. The summed E-state index contributed by atoms with van der Waals surface area (Å²) in [5.74, 6) is 0.121. The van der Waals surface area contributed by atoms with Crippen molar-refractivity contribution in [3.8, 4) is 0 Å². The molecule has 2 aromatic rings. The molecular weight excluding hydrogens is 358 g/mol. The average molecular weight is 379 g/mol. The van der Waals surface area contributed by atoms with Gasteiger partial charge in [0.1, 0.15) is 11.4 Å². The number of carbonyl (C=O) groups is 1. The van der Waals surface area contributed by atoms with Crippen LogP contribution in [0.25, 0.3) is 0 Å². The van der Waals surface area contributed by atoms with Crippen molar-refractivity contribution in [3.63, 3.8) is 0 Å². The van der Waals surface area contributed by atoms with E-state index in [0.29, 0.717) is 42.1 Å². The number of sulfonamides is 1. The summed E-state index contributed by atoms with van der Waals surface area (Å²) in [4.78, 5) is 12.4. The number of aryl methyl sites for hydroxylation is 2. The Balaban J connectivity index is 1.76. The van der Waals surface area contributed by atoms with Crippen molar-refractivity contribution in [3.05, 3.63) is 41.3 Å². The molecule has 0 saturated carbocycles. The van der Waals surface area contributed by atoms with Crippen molar-refractivity contribution in [2.75, 3.05) is 18.4 Å². The van der Waals surface area contributed by atoms with Crippen LogP contribution >= 0.6 is 0 Å². The Kier molecular flexibility index (Phi) is 5.12. The van der Waals surface area contributed by atoms with E-state index in [4.69, 9.17) is 4.52 Å². The normalized spacial score (nSPS) is 18.7. The Morgan fingerprint density at radius 2 is 2.00 bits per heavy atom. The number of aromatic nitrogens is 1. The van der Waals surface area contributed by atoms with Crippen molar-refractivity contribution in [2.45, 2.75) is 37.7 Å². The molecule has 26 heavy (non-hydrogen) atoms. The van der Waals surface area contributed by atoms with Gasteiger partial charge in [-0.05, 0) is 51.0 Å². The first kappa shape index (κ1) is 18.6. The quantitative estimate of drug-likeness (QED) is 0.836. The second-order valence-electron chi connectivity index (χ2n) is 6.34. The minimum atomic E-state index is -3.68. The minimum Gasteiger partial charge on any atom is -0.392 e. The highest BCUT2D eigenvalue weighted by Crippen LogP contribution is 2.23. The number of rotatable bonds is 4. The molecule has 0 unspecified atom stereocenters. The van der Waals surface area contributed by atoms with Gasteiger partial charge >= 0.3 is 0 Å². The van der Waals surface area contributed by atoms with Gasteiger partial charge in [0.2, 0.25) is 10.0 Å². The van der Waals surface area contributed by atoms with Crippen LogP contribution in [0.3, 0.4) is 0 Å². The van der Waals surface area contributed by atoms with E-state index in [2.05, 4.69) is 10.5 Å². The Hall–Kier alpha value is -2.23. The second kappa shape index (κ2) is 7.18. The highest BCUT2D eigenvalue weighted by molar-refractivity contribution is 7.89. The van der Waals surface area contributed by atoms with Gasteiger partial charge in [-0.15, -0.1) is 0 Å². The van der Waals surface area contributed by atoms with Gasteiger partial charge in [-0.3, -0.25) is 4.79 Å². The predicted molar refractivity (Wildman–Crippen MR) is 94.4 cm³/mol. The molecule has 1 amide bonds. The molecule has 2 N–H and O–H groups in total. The maximum atomic E-state index is 12.7.